The van der Waals surface area contributed by atoms with Gasteiger partial charge in [0.15, 0.2) is 5.82 Å². The highest BCUT2D eigenvalue weighted by Crippen LogP contribution is 2.24. The number of nitrogens with zero attached hydrogens (tertiary/aromatic N) is 4. The van der Waals surface area contributed by atoms with E-state index in [2.05, 4.69) is 20.3 Å². The number of nitrogens with one attached hydrogen (secondary N) is 1. The second-order valence-electron chi connectivity index (χ2n) is 8.52. The van der Waals surface area contributed by atoms with Crippen LogP contribution >= 0.6 is 0 Å². The van der Waals surface area contributed by atoms with Crippen molar-refractivity contribution in [3.05, 3.63) is 96.3 Å². The summed E-state index contributed by atoms with van der Waals surface area (Å²) in [7, 11) is 1.65. The number of rotatable bonds is 8. The van der Waals surface area contributed by atoms with Gasteiger partial charge in [-0.05, 0) is 29.8 Å². The van der Waals surface area contributed by atoms with Gasteiger partial charge in [0, 0.05) is 25.2 Å². The van der Waals surface area contributed by atoms with Gasteiger partial charge in [-0.1, -0.05) is 60.7 Å². The van der Waals surface area contributed by atoms with Crippen LogP contribution in [0, 0.1) is 0 Å². The van der Waals surface area contributed by atoms with Crippen LogP contribution in [0.4, 0.5) is 0 Å². The van der Waals surface area contributed by atoms with Crippen LogP contribution in [0.2, 0.25) is 0 Å². The number of para-hydroxylation sites is 1. The molecule has 184 valence electrons. The number of amides is 1. The summed E-state index contributed by atoms with van der Waals surface area (Å²) in [6.07, 6.45) is 0. The molecule has 0 spiro atoms. The Bertz CT molecular complexity index is 1210. The molecule has 5 rings (SSSR count). The first-order valence-corrected chi connectivity index (χ1v) is 12.0. The molecule has 1 aromatic heterocycles. The molecule has 1 unspecified atom stereocenters. The number of aromatic nitrogens is 3. The zero-order chi connectivity index (χ0) is 24.7. The van der Waals surface area contributed by atoms with Crippen LogP contribution in [-0.4, -0.2) is 65.5 Å². The van der Waals surface area contributed by atoms with Crippen molar-refractivity contribution in [2.45, 2.75) is 6.04 Å². The summed E-state index contributed by atoms with van der Waals surface area (Å²) < 4.78 is 12.6. The summed E-state index contributed by atoms with van der Waals surface area (Å²) in [5, 5.41) is 7.66. The molecule has 0 aliphatic carbocycles. The van der Waals surface area contributed by atoms with Gasteiger partial charge in [0.05, 0.1) is 32.1 Å². The Morgan fingerprint density at radius 3 is 2.31 bits per heavy atom. The van der Waals surface area contributed by atoms with E-state index in [9.17, 15) is 4.79 Å². The van der Waals surface area contributed by atoms with Crippen LogP contribution < -0.4 is 10.1 Å². The second kappa shape index (κ2) is 11.2. The fraction of sp³-hybridized carbons (Fsp3) is 0.250. The molecule has 0 radical (unpaired) electrons. The molecule has 1 N–H and O–H groups in total. The van der Waals surface area contributed by atoms with Crippen LogP contribution in [0.5, 0.6) is 5.75 Å². The van der Waals surface area contributed by atoms with E-state index in [1.807, 2.05) is 84.9 Å². The van der Waals surface area contributed by atoms with Gasteiger partial charge in [-0.15, -0.1) is 5.10 Å². The number of ether oxygens (including phenoxy) is 2. The van der Waals surface area contributed by atoms with Crippen LogP contribution in [-0.2, 0) is 4.74 Å². The summed E-state index contributed by atoms with van der Waals surface area (Å²) in [5.41, 5.74) is 2.83. The fourth-order valence-corrected chi connectivity index (χ4v) is 4.37. The second-order valence-corrected chi connectivity index (χ2v) is 8.52. The zero-order valence-electron chi connectivity index (χ0n) is 20.2. The molecule has 1 saturated heterocycles. The highest BCUT2D eigenvalue weighted by molar-refractivity contribution is 5.91. The molecule has 1 atom stereocenters. The van der Waals surface area contributed by atoms with Crippen molar-refractivity contribution < 1.29 is 14.3 Å². The van der Waals surface area contributed by atoms with Crippen molar-refractivity contribution in [2.75, 3.05) is 40.0 Å². The van der Waals surface area contributed by atoms with Crippen LogP contribution in [0.3, 0.4) is 0 Å². The van der Waals surface area contributed by atoms with Crippen molar-refractivity contribution in [3.63, 3.8) is 0 Å². The number of morpholine rings is 1. The number of hydrogen-bond acceptors (Lipinski definition) is 6. The Labute approximate surface area is 210 Å². The lowest BCUT2D eigenvalue weighted by molar-refractivity contribution is 0.0162. The minimum Gasteiger partial charge on any atom is -0.497 e. The van der Waals surface area contributed by atoms with Gasteiger partial charge in [0.2, 0.25) is 5.82 Å². The van der Waals surface area contributed by atoms with Gasteiger partial charge in [0.1, 0.15) is 5.75 Å². The SMILES string of the molecule is COc1ccc(C(CNC(=O)c2nc(-c3ccccc3)n(-c3ccccc3)n2)N2CCOCC2)cc1. The largest absolute Gasteiger partial charge is 0.497 e. The van der Waals surface area contributed by atoms with Gasteiger partial charge in [-0.2, -0.15) is 0 Å². The van der Waals surface area contributed by atoms with Gasteiger partial charge in [-0.3, -0.25) is 9.69 Å². The summed E-state index contributed by atoms with van der Waals surface area (Å²) >= 11 is 0. The highest BCUT2D eigenvalue weighted by Gasteiger charge is 2.25. The minimum absolute atomic E-state index is 0.00596. The lowest BCUT2D eigenvalue weighted by atomic mass is 10.0. The maximum Gasteiger partial charge on any atom is 0.291 e. The number of hydrogen-bond donors (Lipinski definition) is 1. The van der Waals surface area contributed by atoms with E-state index in [4.69, 9.17) is 9.47 Å². The first-order chi connectivity index (χ1) is 17.7. The number of benzene rings is 3. The minimum atomic E-state index is -0.311. The Morgan fingerprint density at radius 2 is 1.64 bits per heavy atom. The van der Waals surface area contributed by atoms with Crippen LogP contribution in [0.1, 0.15) is 22.2 Å². The molecule has 3 aromatic carbocycles. The standard InChI is InChI=1S/C28H29N5O3/c1-35-24-14-12-21(13-15-24)25(32-16-18-36-19-17-32)20-29-28(34)26-30-27(22-8-4-2-5-9-22)33(31-26)23-10-6-3-7-11-23/h2-15,25H,16-20H2,1H3,(H,29,34). The van der Waals surface area contributed by atoms with E-state index < -0.39 is 0 Å². The third-order valence-electron chi connectivity index (χ3n) is 6.29. The van der Waals surface area contributed by atoms with E-state index in [1.165, 1.54) is 0 Å². The summed E-state index contributed by atoms with van der Waals surface area (Å²) in [4.78, 5) is 20.2. The molecule has 1 aliphatic rings. The van der Waals surface area contributed by atoms with Crippen molar-refractivity contribution in [1.82, 2.24) is 25.0 Å². The lowest BCUT2D eigenvalue weighted by Crippen LogP contribution is -2.44. The average Bonchev–Trinajstić information content (AvgIpc) is 3.41. The predicted octanol–water partition coefficient (Wildman–Crippen LogP) is 3.75. The van der Waals surface area contributed by atoms with Gasteiger partial charge in [-0.25, -0.2) is 9.67 Å². The maximum absolute atomic E-state index is 13.3. The molecule has 1 fully saturated rings. The van der Waals surface area contributed by atoms with Crippen molar-refractivity contribution in [3.8, 4) is 22.8 Å². The molecule has 2 heterocycles. The van der Waals surface area contributed by atoms with Gasteiger partial charge in [0.25, 0.3) is 5.91 Å². The Hall–Kier alpha value is -4.01. The normalized spacial score (nSPS) is 14.8. The van der Waals surface area contributed by atoms with E-state index in [0.29, 0.717) is 25.6 Å². The molecule has 4 aromatic rings. The van der Waals surface area contributed by atoms with Gasteiger partial charge < -0.3 is 14.8 Å². The number of methoxy groups -OCH3 is 1. The van der Waals surface area contributed by atoms with Crippen LogP contribution in [0.25, 0.3) is 17.1 Å². The maximum atomic E-state index is 13.3. The summed E-state index contributed by atoms with van der Waals surface area (Å²) in [5.74, 6) is 1.24. The molecule has 0 saturated carbocycles. The molecular formula is C28H29N5O3. The first-order valence-electron chi connectivity index (χ1n) is 12.0. The molecule has 8 nitrogen and oxygen atoms in total. The van der Waals surface area contributed by atoms with E-state index >= 15 is 0 Å². The number of carbonyl (C=O) groups excluding carboxylic acids is 1. The topological polar surface area (TPSA) is 81.5 Å². The summed E-state index contributed by atoms with van der Waals surface area (Å²) in [6.45, 7) is 3.36. The predicted molar refractivity (Wildman–Crippen MR) is 137 cm³/mol. The van der Waals surface area contributed by atoms with Crippen molar-refractivity contribution >= 4 is 5.91 Å². The Balaban J connectivity index is 1.40. The van der Waals surface area contributed by atoms with E-state index in [1.54, 1.807) is 11.8 Å². The summed E-state index contributed by atoms with van der Waals surface area (Å²) in [6, 6.07) is 27.4. The smallest absolute Gasteiger partial charge is 0.291 e. The third kappa shape index (κ3) is 5.30. The van der Waals surface area contributed by atoms with Crippen molar-refractivity contribution in [2.24, 2.45) is 0 Å². The lowest BCUT2D eigenvalue weighted by Gasteiger charge is -2.34. The molecule has 1 amide bonds. The highest BCUT2D eigenvalue weighted by atomic mass is 16.5. The molecule has 36 heavy (non-hydrogen) atoms. The molecule has 1 aliphatic heterocycles. The zero-order valence-corrected chi connectivity index (χ0v) is 20.2. The third-order valence-corrected chi connectivity index (χ3v) is 6.29. The first kappa shape index (κ1) is 23.7. The Kier molecular flexibility index (Phi) is 7.35. The van der Waals surface area contributed by atoms with E-state index in [-0.39, 0.29) is 17.8 Å². The molecule has 0 bridgehead atoms. The molecule has 8 heteroatoms. The fourth-order valence-electron chi connectivity index (χ4n) is 4.37. The monoisotopic (exact) mass is 483 g/mol. The average molecular weight is 484 g/mol. The molecular weight excluding hydrogens is 454 g/mol. The quantitative estimate of drug-likeness (QED) is 0.411. The van der Waals surface area contributed by atoms with Crippen molar-refractivity contribution in [1.29, 1.82) is 0 Å². The van der Waals surface area contributed by atoms with E-state index in [0.717, 1.165) is 35.7 Å². The Morgan fingerprint density at radius 1 is 0.972 bits per heavy atom. The van der Waals surface area contributed by atoms with Gasteiger partial charge >= 0.3 is 0 Å². The van der Waals surface area contributed by atoms with Crippen LogP contribution in [0.15, 0.2) is 84.9 Å². The number of carbonyl (C=O) groups is 1.